The molecule has 0 bridgehead atoms. The summed E-state index contributed by atoms with van der Waals surface area (Å²) in [5, 5.41) is 10.7. The summed E-state index contributed by atoms with van der Waals surface area (Å²) in [7, 11) is 0. The molecule has 2 rings (SSSR count). The molecule has 0 saturated heterocycles. The second-order valence-corrected chi connectivity index (χ2v) is 4.23. The molecule has 0 fully saturated rings. The van der Waals surface area contributed by atoms with Gasteiger partial charge in [-0.25, -0.2) is 0 Å². The molecule has 2 aromatic rings. The Labute approximate surface area is 120 Å². The monoisotopic (exact) mass is 285 g/mol. The van der Waals surface area contributed by atoms with E-state index in [1.54, 1.807) is 12.1 Å². The lowest BCUT2D eigenvalue weighted by Gasteiger charge is -2.07. The van der Waals surface area contributed by atoms with Crippen molar-refractivity contribution in [3.63, 3.8) is 0 Å². The fourth-order valence-corrected chi connectivity index (χ4v) is 1.81. The Bertz CT molecular complexity index is 724. The molecule has 0 atom stereocenters. The first-order valence-corrected chi connectivity index (χ1v) is 6.05. The molecule has 0 amide bonds. The van der Waals surface area contributed by atoms with E-state index in [1.165, 1.54) is 43.3 Å². The van der Waals surface area contributed by atoms with Gasteiger partial charge in [0.15, 0.2) is 5.78 Å². The van der Waals surface area contributed by atoms with Gasteiger partial charge in [-0.1, -0.05) is 24.3 Å². The molecule has 0 aromatic heterocycles. The Morgan fingerprint density at radius 2 is 1.81 bits per heavy atom. The van der Waals surface area contributed by atoms with Crippen LogP contribution < -0.4 is 4.74 Å². The Morgan fingerprint density at radius 3 is 2.48 bits per heavy atom. The van der Waals surface area contributed by atoms with Gasteiger partial charge in [0.05, 0.1) is 10.5 Å². The van der Waals surface area contributed by atoms with Crippen molar-refractivity contribution in [1.29, 1.82) is 0 Å². The lowest BCUT2D eigenvalue weighted by molar-refractivity contribution is -0.384. The van der Waals surface area contributed by atoms with Crippen molar-refractivity contribution in [3.05, 3.63) is 69.8 Å². The number of non-ortho nitro benzene ring substituents is 1. The van der Waals surface area contributed by atoms with Crippen LogP contribution in [-0.4, -0.2) is 16.7 Å². The van der Waals surface area contributed by atoms with E-state index in [4.69, 9.17) is 4.74 Å². The predicted octanol–water partition coefficient (Wildman–Crippen LogP) is 2.75. The van der Waals surface area contributed by atoms with Crippen LogP contribution in [0.4, 0.5) is 5.69 Å². The van der Waals surface area contributed by atoms with Crippen LogP contribution in [-0.2, 0) is 4.79 Å². The number of nitro benzene ring substituents is 1. The molecule has 0 aliphatic carbocycles. The number of hydrogen-bond donors (Lipinski definition) is 0. The molecule has 0 saturated carbocycles. The van der Waals surface area contributed by atoms with Gasteiger partial charge in [0.2, 0.25) is 0 Å². The van der Waals surface area contributed by atoms with Crippen LogP contribution in [0.2, 0.25) is 0 Å². The molecule has 0 spiro atoms. The first kappa shape index (κ1) is 14.4. The van der Waals surface area contributed by atoms with E-state index in [0.29, 0.717) is 0 Å². The summed E-state index contributed by atoms with van der Waals surface area (Å²) in [6.07, 6.45) is 0. The average molecular weight is 285 g/mol. The van der Waals surface area contributed by atoms with E-state index in [9.17, 15) is 19.7 Å². The third-order valence-electron chi connectivity index (χ3n) is 2.70. The Morgan fingerprint density at radius 1 is 1.10 bits per heavy atom. The molecule has 6 nitrogen and oxygen atoms in total. The molecule has 21 heavy (non-hydrogen) atoms. The maximum Gasteiger partial charge on any atom is 0.308 e. The van der Waals surface area contributed by atoms with Crippen LogP contribution in [0.1, 0.15) is 22.8 Å². The molecular weight excluding hydrogens is 274 g/mol. The summed E-state index contributed by atoms with van der Waals surface area (Å²) < 4.78 is 4.97. The number of carbonyl (C=O) groups excluding carboxylic acids is 2. The SMILES string of the molecule is CC(=O)Oc1ccccc1C(=O)c1cccc([N+](=O)[O-])c1. The van der Waals surface area contributed by atoms with Crippen LogP contribution in [0.5, 0.6) is 5.75 Å². The number of hydrogen-bond acceptors (Lipinski definition) is 5. The number of rotatable bonds is 4. The highest BCUT2D eigenvalue weighted by Gasteiger charge is 2.17. The molecule has 0 aliphatic heterocycles. The van der Waals surface area contributed by atoms with Crippen molar-refractivity contribution in [3.8, 4) is 5.75 Å². The van der Waals surface area contributed by atoms with Crippen LogP contribution in [0, 0.1) is 10.1 Å². The minimum absolute atomic E-state index is 0.126. The molecule has 0 aliphatic rings. The van der Waals surface area contributed by atoms with Gasteiger partial charge in [0, 0.05) is 24.6 Å². The van der Waals surface area contributed by atoms with Gasteiger partial charge in [0.1, 0.15) is 5.75 Å². The predicted molar refractivity (Wildman–Crippen MR) is 74.3 cm³/mol. The van der Waals surface area contributed by atoms with Crippen LogP contribution in [0.25, 0.3) is 0 Å². The highest BCUT2D eigenvalue weighted by molar-refractivity contribution is 6.11. The van der Waals surface area contributed by atoms with Gasteiger partial charge in [-0.2, -0.15) is 0 Å². The summed E-state index contributed by atoms with van der Waals surface area (Å²) in [4.78, 5) is 33.6. The smallest absolute Gasteiger partial charge is 0.308 e. The summed E-state index contributed by atoms with van der Waals surface area (Å²) in [6, 6.07) is 11.6. The van der Waals surface area contributed by atoms with Crippen LogP contribution in [0.15, 0.2) is 48.5 Å². The van der Waals surface area contributed by atoms with E-state index < -0.39 is 16.7 Å². The number of carbonyl (C=O) groups is 2. The second-order valence-electron chi connectivity index (χ2n) is 4.23. The van der Waals surface area contributed by atoms with Crippen molar-refractivity contribution in [2.75, 3.05) is 0 Å². The topological polar surface area (TPSA) is 86.5 Å². The molecule has 0 radical (unpaired) electrons. The zero-order chi connectivity index (χ0) is 15.4. The highest BCUT2D eigenvalue weighted by atomic mass is 16.6. The van der Waals surface area contributed by atoms with Gasteiger partial charge in [-0.05, 0) is 12.1 Å². The largest absolute Gasteiger partial charge is 0.426 e. The fraction of sp³-hybridized carbons (Fsp3) is 0.0667. The van der Waals surface area contributed by atoms with Crippen molar-refractivity contribution < 1.29 is 19.2 Å². The van der Waals surface area contributed by atoms with Gasteiger partial charge >= 0.3 is 5.97 Å². The first-order chi connectivity index (χ1) is 9.99. The molecule has 6 heteroatoms. The third kappa shape index (κ3) is 3.30. The van der Waals surface area contributed by atoms with Crippen LogP contribution in [0.3, 0.4) is 0 Å². The van der Waals surface area contributed by atoms with Crippen molar-refractivity contribution in [1.82, 2.24) is 0 Å². The Kier molecular flexibility index (Phi) is 4.08. The van der Waals surface area contributed by atoms with Crippen LogP contribution >= 0.6 is 0 Å². The molecule has 0 unspecified atom stereocenters. The number of nitro groups is 1. The maximum atomic E-state index is 12.4. The number of ketones is 1. The zero-order valence-electron chi connectivity index (χ0n) is 11.1. The van der Waals surface area contributed by atoms with Gasteiger partial charge in [0.25, 0.3) is 5.69 Å². The molecule has 2 aromatic carbocycles. The number of para-hydroxylation sites is 1. The van der Waals surface area contributed by atoms with E-state index >= 15 is 0 Å². The highest BCUT2D eigenvalue weighted by Crippen LogP contribution is 2.23. The number of benzene rings is 2. The zero-order valence-corrected chi connectivity index (χ0v) is 11.1. The van der Waals surface area contributed by atoms with E-state index in [0.717, 1.165) is 0 Å². The minimum atomic E-state index is -0.575. The molecular formula is C15H11NO5. The number of nitrogens with zero attached hydrogens (tertiary/aromatic N) is 1. The van der Waals surface area contributed by atoms with E-state index in [-0.39, 0.29) is 22.6 Å². The normalized spacial score (nSPS) is 9.95. The minimum Gasteiger partial charge on any atom is -0.426 e. The molecule has 0 heterocycles. The first-order valence-electron chi connectivity index (χ1n) is 6.05. The number of esters is 1. The summed E-state index contributed by atoms with van der Waals surface area (Å²) in [6.45, 7) is 1.23. The van der Waals surface area contributed by atoms with Crippen molar-refractivity contribution in [2.45, 2.75) is 6.92 Å². The quantitative estimate of drug-likeness (QED) is 0.283. The lowest BCUT2D eigenvalue weighted by Crippen LogP contribution is -2.08. The second kappa shape index (κ2) is 5.96. The van der Waals surface area contributed by atoms with E-state index in [2.05, 4.69) is 0 Å². The van der Waals surface area contributed by atoms with E-state index in [1.807, 2.05) is 0 Å². The Balaban J connectivity index is 2.43. The maximum absolute atomic E-state index is 12.4. The van der Waals surface area contributed by atoms with Gasteiger partial charge in [-0.15, -0.1) is 0 Å². The van der Waals surface area contributed by atoms with Crippen molar-refractivity contribution >= 4 is 17.4 Å². The van der Waals surface area contributed by atoms with Crippen molar-refractivity contribution in [2.24, 2.45) is 0 Å². The molecule has 106 valence electrons. The average Bonchev–Trinajstić information content (AvgIpc) is 2.46. The third-order valence-corrected chi connectivity index (χ3v) is 2.70. The van der Waals surface area contributed by atoms with Gasteiger partial charge < -0.3 is 4.74 Å². The lowest BCUT2D eigenvalue weighted by atomic mass is 10.0. The Hall–Kier alpha value is -3.02. The summed E-state index contributed by atoms with van der Waals surface area (Å²) >= 11 is 0. The number of ether oxygens (including phenoxy) is 1. The standard InChI is InChI=1S/C15H11NO5/c1-10(17)21-14-8-3-2-7-13(14)15(18)11-5-4-6-12(9-11)16(19)20/h2-9H,1H3. The fourth-order valence-electron chi connectivity index (χ4n) is 1.81. The summed E-state index contributed by atoms with van der Waals surface area (Å²) in [5.74, 6) is -0.869. The molecule has 0 N–H and O–H groups in total. The summed E-state index contributed by atoms with van der Waals surface area (Å²) in [5.41, 5.74) is 0.155. The van der Waals surface area contributed by atoms with Gasteiger partial charge in [-0.3, -0.25) is 19.7 Å².